The maximum absolute atomic E-state index is 13.5. The van der Waals surface area contributed by atoms with E-state index >= 15 is 0 Å². The predicted molar refractivity (Wildman–Crippen MR) is 127 cm³/mol. The average Bonchev–Trinajstić information content (AvgIpc) is 3.25. The summed E-state index contributed by atoms with van der Waals surface area (Å²) in [5.74, 6) is 1.00. The Hall–Kier alpha value is -3.18. The van der Waals surface area contributed by atoms with Crippen LogP contribution in [-0.2, 0) is 10.9 Å². The number of aromatic amines is 1. The van der Waals surface area contributed by atoms with Crippen LogP contribution in [0.4, 0.5) is 36.1 Å². The number of rotatable bonds is 8. The van der Waals surface area contributed by atoms with Crippen molar-refractivity contribution in [3.05, 3.63) is 36.0 Å². The van der Waals surface area contributed by atoms with E-state index in [9.17, 15) is 13.2 Å². The Labute approximate surface area is 196 Å². The van der Waals surface area contributed by atoms with Gasteiger partial charge in [0.2, 0.25) is 0 Å². The normalized spacial score (nSPS) is 15.1. The molecule has 184 valence electrons. The van der Waals surface area contributed by atoms with E-state index in [4.69, 9.17) is 9.47 Å². The molecule has 3 aromatic rings. The van der Waals surface area contributed by atoms with Gasteiger partial charge in [0.1, 0.15) is 17.2 Å². The second-order valence-corrected chi connectivity index (χ2v) is 8.20. The van der Waals surface area contributed by atoms with Crippen LogP contribution in [0.1, 0.15) is 5.56 Å². The van der Waals surface area contributed by atoms with Gasteiger partial charge in [0.05, 0.1) is 30.4 Å². The summed E-state index contributed by atoms with van der Waals surface area (Å²) in [6, 6.07) is 7.42. The molecule has 1 fully saturated rings. The first kappa shape index (κ1) is 24.0. The second kappa shape index (κ2) is 9.98. The molecule has 0 radical (unpaired) electrons. The lowest BCUT2D eigenvalue weighted by Crippen LogP contribution is -2.44. The average molecular weight is 479 g/mol. The number of fused-ring (bicyclic) bond motifs is 1. The van der Waals surface area contributed by atoms with Crippen LogP contribution in [0.15, 0.2) is 30.5 Å². The van der Waals surface area contributed by atoms with E-state index in [0.717, 1.165) is 38.1 Å². The van der Waals surface area contributed by atoms with Crippen molar-refractivity contribution in [2.75, 3.05) is 76.1 Å². The molecule has 0 saturated carbocycles. The molecule has 0 bridgehead atoms. The van der Waals surface area contributed by atoms with Gasteiger partial charge in [-0.2, -0.15) is 13.2 Å². The molecular formula is C23H29F3N6O2. The van der Waals surface area contributed by atoms with E-state index in [1.54, 1.807) is 13.2 Å². The summed E-state index contributed by atoms with van der Waals surface area (Å²) in [5.41, 5.74) is 1.39. The monoisotopic (exact) mass is 478 g/mol. The molecule has 11 heteroatoms. The maximum atomic E-state index is 13.5. The summed E-state index contributed by atoms with van der Waals surface area (Å²) in [6.45, 7) is 4.52. The highest BCUT2D eigenvalue weighted by molar-refractivity contribution is 5.95. The van der Waals surface area contributed by atoms with Crippen LogP contribution in [0.2, 0.25) is 0 Å². The Morgan fingerprint density at radius 1 is 1.09 bits per heavy atom. The van der Waals surface area contributed by atoms with E-state index in [-0.39, 0.29) is 11.0 Å². The molecule has 34 heavy (non-hydrogen) atoms. The number of hydrogen-bond donors (Lipinski definition) is 3. The first-order valence-electron chi connectivity index (χ1n) is 11.0. The molecule has 0 amide bonds. The highest BCUT2D eigenvalue weighted by Crippen LogP contribution is 2.39. The fraction of sp³-hybridized carbons (Fsp3) is 0.435. The topological polar surface area (TPSA) is 77.7 Å². The SMILES string of the molecule is COCCNc1cc(Nc2ccc(N3CCN(C)CC3)cc2OC)nc2[nH]cc(C(F)(F)F)c12. The molecule has 0 atom stereocenters. The van der Waals surface area contributed by atoms with Gasteiger partial charge in [-0.25, -0.2) is 4.98 Å². The number of methoxy groups -OCH3 is 2. The standard InChI is InChI=1S/C23H29F3N6O2/c1-31-7-9-32(10-8-31)15-4-5-17(19(12-15)34-3)29-20-13-18(27-6-11-33-2)21-16(23(24,25)26)14-28-22(21)30-20/h4-5,12-14H,6-11H2,1-3H3,(H3,27,28,29,30). The summed E-state index contributed by atoms with van der Waals surface area (Å²) in [6.07, 6.45) is -3.57. The van der Waals surface area contributed by atoms with Crippen molar-refractivity contribution in [3.63, 3.8) is 0 Å². The molecule has 8 nitrogen and oxygen atoms in total. The van der Waals surface area contributed by atoms with Crippen LogP contribution in [0.25, 0.3) is 11.0 Å². The highest BCUT2D eigenvalue weighted by atomic mass is 19.4. The number of hydrogen-bond acceptors (Lipinski definition) is 7. The molecule has 0 spiro atoms. The number of pyridine rings is 1. The van der Waals surface area contributed by atoms with E-state index in [2.05, 4.69) is 37.4 Å². The Bertz CT molecular complexity index is 1130. The molecule has 3 N–H and O–H groups in total. The highest BCUT2D eigenvalue weighted by Gasteiger charge is 2.35. The number of aromatic nitrogens is 2. The number of anilines is 4. The summed E-state index contributed by atoms with van der Waals surface area (Å²) in [7, 11) is 5.23. The van der Waals surface area contributed by atoms with Gasteiger partial charge in [0, 0.05) is 69.5 Å². The molecule has 0 aliphatic carbocycles. The third-order valence-corrected chi connectivity index (χ3v) is 5.89. The first-order chi connectivity index (χ1) is 16.3. The van der Waals surface area contributed by atoms with Crippen LogP contribution in [0, 0.1) is 0 Å². The third-order valence-electron chi connectivity index (χ3n) is 5.89. The maximum Gasteiger partial charge on any atom is 0.418 e. The van der Waals surface area contributed by atoms with Crippen molar-refractivity contribution in [1.82, 2.24) is 14.9 Å². The van der Waals surface area contributed by atoms with E-state index in [0.29, 0.717) is 36.1 Å². The number of ether oxygens (including phenoxy) is 2. The fourth-order valence-corrected chi connectivity index (χ4v) is 4.03. The van der Waals surface area contributed by atoms with Crippen molar-refractivity contribution in [2.24, 2.45) is 0 Å². The van der Waals surface area contributed by atoms with Crippen molar-refractivity contribution in [2.45, 2.75) is 6.18 Å². The first-order valence-corrected chi connectivity index (χ1v) is 11.0. The molecule has 2 aromatic heterocycles. The van der Waals surface area contributed by atoms with E-state index in [1.807, 2.05) is 18.2 Å². The zero-order chi connectivity index (χ0) is 24.3. The Balaban J connectivity index is 1.64. The number of piperazine rings is 1. The largest absolute Gasteiger partial charge is 0.494 e. The van der Waals surface area contributed by atoms with Crippen molar-refractivity contribution < 1.29 is 22.6 Å². The van der Waals surface area contributed by atoms with Crippen LogP contribution >= 0.6 is 0 Å². The molecule has 3 heterocycles. The van der Waals surface area contributed by atoms with Gasteiger partial charge < -0.3 is 34.9 Å². The molecule has 1 saturated heterocycles. The zero-order valence-corrected chi connectivity index (χ0v) is 19.4. The van der Waals surface area contributed by atoms with E-state index in [1.165, 1.54) is 7.11 Å². The Morgan fingerprint density at radius 2 is 1.85 bits per heavy atom. The van der Waals surface area contributed by atoms with Crippen LogP contribution in [0.3, 0.4) is 0 Å². The van der Waals surface area contributed by atoms with E-state index < -0.39 is 11.7 Å². The van der Waals surface area contributed by atoms with Crippen LogP contribution in [-0.4, -0.2) is 75.5 Å². The minimum absolute atomic E-state index is 0.00784. The molecule has 4 rings (SSSR count). The van der Waals surface area contributed by atoms with Gasteiger partial charge in [0.15, 0.2) is 0 Å². The van der Waals surface area contributed by atoms with Crippen molar-refractivity contribution in [3.8, 4) is 5.75 Å². The van der Waals surface area contributed by atoms with Gasteiger partial charge >= 0.3 is 6.18 Å². The summed E-state index contributed by atoms with van der Waals surface area (Å²) in [4.78, 5) is 11.6. The summed E-state index contributed by atoms with van der Waals surface area (Å²) in [5, 5.41) is 6.22. The molecule has 0 unspecified atom stereocenters. The number of nitrogens with one attached hydrogen (secondary N) is 3. The van der Waals surface area contributed by atoms with Crippen molar-refractivity contribution >= 4 is 33.9 Å². The van der Waals surface area contributed by atoms with Crippen LogP contribution in [0.5, 0.6) is 5.75 Å². The van der Waals surface area contributed by atoms with Crippen LogP contribution < -0.4 is 20.3 Å². The smallest absolute Gasteiger partial charge is 0.418 e. The van der Waals surface area contributed by atoms with Gasteiger partial charge in [-0.3, -0.25) is 0 Å². The zero-order valence-electron chi connectivity index (χ0n) is 19.4. The Morgan fingerprint density at radius 3 is 2.53 bits per heavy atom. The van der Waals surface area contributed by atoms with Gasteiger partial charge in [-0.05, 0) is 19.2 Å². The second-order valence-electron chi connectivity index (χ2n) is 8.20. The molecule has 1 aliphatic rings. The van der Waals surface area contributed by atoms with Gasteiger partial charge in [-0.15, -0.1) is 0 Å². The lowest BCUT2D eigenvalue weighted by molar-refractivity contribution is -0.136. The minimum atomic E-state index is -4.51. The summed E-state index contributed by atoms with van der Waals surface area (Å²) < 4.78 is 51.2. The number of alkyl halides is 3. The number of H-pyrrole nitrogens is 1. The lowest BCUT2D eigenvalue weighted by Gasteiger charge is -2.34. The van der Waals surface area contributed by atoms with Crippen molar-refractivity contribution in [1.29, 1.82) is 0 Å². The molecule has 1 aromatic carbocycles. The minimum Gasteiger partial charge on any atom is -0.494 e. The quantitative estimate of drug-likeness (QED) is 0.420. The number of likely N-dealkylation sites (N-methyl/N-ethyl adjacent to an activating group) is 1. The fourth-order valence-electron chi connectivity index (χ4n) is 4.03. The lowest BCUT2D eigenvalue weighted by atomic mass is 10.1. The number of nitrogens with zero attached hydrogens (tertiary/aromatic N) is 3. The predicted octanol–water partition coefficient (Wildman–Crippen LogP) is 4.14. The third kappa shape index (κ3) is 5.15. The summed E-state index contributed by atoms with van der Waals surface area (Å²) >= 11 is 0. The molecule has 1 aliphatic heterocycles. The number of halogens is 3. The van der Waals surface area contributed by atoms with Gasteiger partial charge in [-0.1, -0.05) is 0 Å². The number of benzene rings is 1. The molecular weight excluding hydrogens is 449 g/mol. The Kier molecular flexibility index (Phi) is 7.03. The van der Waals surface area contributed by atoms with Gasteiger partial charge in [0.25, 0.3) is 0 Å².